The van der Waals surface area contributed by atoms with E-state index in [2.05, 4.69) is 19.8 Å². The maximum Gasteiger partial charge on any atom is 0.586 e. The number of halogens is 2. The van der Waals surface area contributed by atoms with Gasteiger partial charge in [0.05, 0.1) is 0 Å². The molecule has 138 valence electrons. The molecule has 2 aliphatic rings. The predicted molar refractivity (Wildman–Crippen MR) is 94.1 cm³/mol. The minimum absolute atomic E-state index is 0.0561. The van der Waals surface area contributed by atoms with Crippen molar-refractivity contribution >= 4 is 22.6 Å². The van der Waals surface area contributed by atoms with Gasteiger partial charge >= 0.3 is 12.3 Å². The average molecular weight is 371 g/mol. The van der Waals surface area contributed by atoms with Crippen molar-refractivity contribution in [3.63, 3.8) is 0 Å². The minimum Gasteiger partial charge on any atom is -0.395 e. The van der Waals surface area contributed by atoms with Gasteiger partial charge in [-0.2, -0.15) is 0 Å². The van der Waals surface area contributed by atoms with Gasteiger partial charge in [-0.05, 0) is 18.2 Å². The standard InChI is InChI=1S/C19H15F2N3O3/c20-19(21)26-16-6-5-11(9-17(16)27-19)22-18(25)24-8-7-15-13(10-24)12-3-1-2-4-14(12)23-15/h1-6,9,23H,7-8,10H2,(H,22,25). The molecule has 0 atom stereocenters. The lowest BCUT2D eigenvalue weighted by Gasteiger charge is -2.27. The molecule has 6 nitrogen and oxygen atoms in total. The molecule has 2 aromatic carbocycles. The van der Waals surface area contributed by atoms with E-state index in [1.54, 1.807) is 4.90 Å². The number of fused-ring (bicyclic) bond motifs is 4. The normalized spacial score (nSPS) is 17.0. The summed E-state index contributed by atoms with van der Waals surface area (Å²) in [5, 5.41) is 3.84. The first kappa shape index (κ1) is 15.9. The van der Waals surface area contributed by atoms with Crippen LogP contribution in [0.15, 0.2) is 42.5 Å². The van der Waals surface area contributed by atoms with Crippen LogP contribution in [0.5, 0.6) is 11.5 Å². The molecule has 8 heteroatoms. The summed E-state index contributed by atoms with van der Waals surface area (Å²) in [4.78, 5) is 17.7. The predicted octanol–water partition coefficient (Wildman–Crippen LogP) is 4.08. The van der Waals surface area contributed by atoms with Crippen molar-refractivity contribution < 1.29 is 23.0 Å². The quantitative estimate of drug-likeness (QED) is 0.677. The minimum atomic E-state index is -3.68. The molecule has 0 bridgehead atoms. The number of carbonyl (C=O) groups excluding carboxylic acids is 1. The van der Waals surface area contributed by atoms with Gasteiger partial charge in [-0.25, -0.2) is 4.79 Å². The number of nitrogens with one attached hydrogen (secondary N) is 2. The molecular weight excluding hydrogens is 356 g/mol. The van der Waals surface area contributed by atoms with Gasteiger partial charge in [0, 0.05) is 53.4 Å². The maximum atomic E-state index is 13.1. The monoisotopic (exact) mass is 371 g/mol. The van der Waals surface area contributed by atoms with Crippen LogP contribution in [0.1, 0.15) is 11.3 Å². The van der Waals surface area contributed by atoms with Crippen LogP contribution in [-0.4, -0.2) is 28.8 Å². The summed E-state index contributed by atoms with van der Waals surface area (Å²) in [6, 6.07) is 11.9. The number of alkyl halides is 2. The summed E-state index contributed by atoms with van der Waals surface area (Å²) in [5.74, 6) is -0.158. The van der Waals surface area contributed by atoms with E-state index in [1.807, 2.05) is 24.3 Å². The first-order valence-electron chi connectivity index (χ1n) is 8.53. The Kier molecular flexibility index (Phi) is 3.30. The lowest BCUT2D eigenvalue weighted by atomic mass is 10.0. The number of para-hydroxylation sites is 1. The van der Waals surface area contributed by atoms with Gasteiger partial charge in [0.2, 0.25) is 0 Å². The van der Waals surface area contributed by atoms with Crippen LogP contribution in [0.25, 0.3) is 10.9 Å². The Morgan fingerprint density at radius 2 is 1.96 bits per heavy atom. The van der Waals surface area contributed by atoms with Crippen molar-refractivity contribution in [2.24, 2.45) is 0 Å². The van der Waals surface area contributed by atoms with E-state index in [-0.39, 0.29) is 17.5 Å². The molecule has 0 unspecified atom stereocenters. The summed E-state index contributed by atoms with van der Waals surface area (Å²) in [7, 11) is 0. The zero-order chi connectivity index (χ0) is 18.6. The van der Waals surface area contributed by atoms with Crippen molar-refractivity contribution in [2.75, 3.05) is 11.9 Å². The molecule has 2 N–H and O–H groups in total. The third kappa shape index (κ3) is 2.73. The van der Waals surface area contributed by atoms with E-state index in [4.69, 9.17) is 0 Å². The van der Waals surface area contributed by atoms with Gasteiger partial charge in [0.15, 0.2) is 11.5 Å². The van der Waals surface area contributed by atoms with Crippen LogP contribution < -0.4 is 14.8 Å². The number of aromatic nitrogens is 1. The van der Waals surface area contributed by atoms with E-state index < -0.39 is 6.29 Å². The molecule has 3 aromatic rings. The summed E-state index contributed by atoms with van der Waals surface area (Å²) in [6.45, 7) is 1.04. The number of carbonyl (C=O) groups is 1. The van der Waals surface area contributed by atoms with Gasteiger partial charge in [-0.15, -0.1) is 8.78 Å². The van der Waals surface area contributed by atoms with E-state index in [9.17, 15) is 13.6 Å². The molecule has 0 spiro atoms. The highest BCUT2D eigenvalue weighted by atomic mass is 19.3. The van der Waals surface area contributed by atoms with Crippen LogP contribution in [-0.2, 0) is 13.0 Å². The molecule has 0 saturated heterocycles. The Hall–Kier alpha value is -3.29. The summed E-state index contributed by atoms with van der Waals surface area (Å²) in [5.41, 5.74) is 3.68. The molecule has 27 heavy (non-hydrogen) atoms. The van der Waals surface area contributed by atoms with Crippen molar-refractivity contribution in [1.82, 2.24) is 9.88 Å². The first-order chi connectivity index (χ1) is 13.0. The molecule has 0 radical (unpaired) electrons. The molecular formula is C19H15F2N3O3. The zero-order valence-electron chi connectivity index (χ0n) is 14.1. The third-order valence-electron chi connectivity index (χ3n) is 4.82. The topological polar surface area (TPSA) is 66.6 Å². The van der Waals surface area contributed by atoms with Crippen molar-refractivity contribution in [2.45, 2.75) is 19.3 Å². The van der Waals surface area contributed by atoms with Crippen LogP contribution in [0.2, 0.25) is 0 Å². The van der Waals surface area contributed by atoms with E-state index >= 15 is 0 Å². The first-order valence-corrected chi connectivity index (χ1v) is 8.53. The number of benzene rings is 2. The molecule has 0 aliphatic carbocycles. The van der Waals surface area contributed by atoms with E-state index in [0.29, 0.717) is 18.8 Å². The number of urea groups is 1. The van der Waals surface area contributed by atoms with E-state index in [0.717, 1.165) is 28.6 Å². The number of H-pyrrole nitrogens is 1. The molecule has 5 rings (SSSR count). The number of amides is 2. The Morgan fingerprint density at radius 1 is 1.15 bits per heavy atom. The lowest BCUT2D eigenvalue weighted by molar-refractivity contribution is -0.286. The second-order valence-corrected chi connectivity index (χ2v) is 6.56. The average Bonchev–Trinajstić information content (AvgIpc) is 3.16. The van der Waals surface area contributed by atoms with Crippen LogP contribution in [0.3, 0.4) is 0 Å². The fourth-order valence-corrected chi connectivity index (χ4v) is 3.57. The van der Waals surface area contributed by atoms with E-state index in [1.165, 1.54) is 18.2 Å². The Bertz CT molecular complexity index is 1060. The number of anilines is 1. The molecule has 2 amide bonds. The summed E-state index contributed by atoms with van der Waals surface area (Å²) >= 11 is 0. The maximum absolute atomic E-state index is 13.1. The smallest absolute Gasteiger partial charge is 0.395 e. The fraction of sp³-hybridized carbons (Fsp3) is 0.211. The van der Waals surface area contributed by atoms with Gasteiger partial charge in [0.25, 0.3) is 0 Å². The number of hydrogen-bond acceptors (Lipinski definition) is 3. The number of aromatic amines is 1. The number of rotatable bonds is 1. The van der Waals surface area contributed by atoms with Gasteiger partial charge < -0.3 is 24.7 Å². The number of nitrogens with zero attached hydrogens (tertiary/aromatic N) is 1. The van der Waals surface area contributed by atoms with Crippen molar-refractivity contribution in [3.8, 4) is 11.5 Å². The SMILES string of the molecule is O=C(Nc1ccc2c(c1)OC(F)(F)O2)N1CCc2[nH]c3ccccc3c2C1. The van der Waals surface area contributed by atoms with Gasteiger partial charge in [0.1, 0.15) is 0 Å². The number of ether oxygens (including phenoxy) is 2. The highest BCUT2D eigenvalue weighted by Gasteiger charge is 2.43. The zero-order valence-corrected chi connectivity index (χ0v) is 14.1. The second-order valence-electron chi connectivity index (χ2n) is 6.56. The highest BCUT2D eigenvalue weighted by molar-refractivity contribution is 5.91. The largest absolute Gasteiger partial charge is 0.586 e. The molecule has 0 saturated carbocycles. The fourth-order valence-electron chi connectivity index (χ4n) is 3.57. The molecule has 0 fully saturated rings. The molecule has 3 heterocycles. The summed E-state index contributed by atoms with van der Waals surface area (Å²) < 4.78 is 35.0. The molecule has 2 aliphatic heterocycles. The molecule has 1 aromatic heterocycles. The highest BCUT2D eigenvalue weighted by Crippen LogP contribution is 2.42. The lowest BCUT2D eigenvalue weighted by Crippen LogP contribution is -2.38. The second kappa shape index (κ2) is 5.60. The van der Waals surface area contributed by atoms with Gasteiger partial charge in [-0.3, -0.25) is 0 Å². The Labute approximate surface area is 152 Å². The third-order valence-corrected chi connectivity index (χ3v) is 4.82. The van der Waals surface area contributed by atoms with Crippen LogP contribution in [0, 0.1) is 0 Å². The van der Waals surface area contributed by atoms with Crippen molar-refractivity contribution in [1.29, 1.82) is 0 Å². The van der Waals surface area contributed by atoms with Crippen molar-refractivity contribution in [3.05, 3.63) is 53.7 Å². The van der Waals surface area contributed by atoms with Gasteiger partial charge in [-0.1, -0.05) is 18.2 Å². The number of hydrogen-bond donors (Lipinski definition) is 2. The van der Waals surface area contributed by atoms with Crippen LogP contribution in [0.4, 0.5) is 19.3 Å². The Morgan fingerprint density at radius 3 is 2.85 bits per heavy atom. The Balaban J connectivity index is 1.34. The summed E-state index contributed by atoms with van der Waals surface area (Å²) in [6.07, 6.45) is -2.95. The van der Waals surface area contributed by atoms with Crippen LogP contribution >= 0.6 is 0 Å².